The lowest BCUT2D eigenvalue weighted by Gasteiger charge is -2.18. The second-order valence-electron chi connectivity index (χ2n) is 20.6. The molecule has 1 atom stereocenters. The van der Waals surface area contributed by atoms with Gasteiger partial charge in [-0.3, -0.25) is 14.4 Å². The van der Waals surface area contributed by atoms with E-state index in [0.29, 0.717) is 19.3 Å². The minimum absolute atomic E-state index is 0.0840. The molecule has 6 heteroatoms. The van der Waals surface area contributed by atoms with Crippen molar-refractivity contribution in [2.24, 2.45) is 0 Å². The molecule has 0 bridgehead atoms. The van der Waals surface area contributed by atoms with E-state index >= 15 is 0 Å². The fourth-order valence-electron chi connectivity index (χ4n) is 8.56. The predicted octanol–water partition coefficient (Wildman–Crippen LogP) is 21.6. The van der Waals surface area contributed by atoms with Crippen LogP contribution in [-0.4, -0.2) is 37.2 Å². The van der Waals surface area contributed by atoms with Crippen LogP contribution in [0.4, 0.5) is 0 Å². The Bertz CT molecular complexity index is 1590. The Morgan fingerprint density at radius 2 is 0.513 bits per heavy atom. The topological polar surface area (TPSA) is 78.9 Å². The standard InChI is InChI=1S/C70H116O6/c1-4-7-10-13-16-19-22-24-26-28-30-32-33-34-35-36-37-39-40-42-44-46-48-51-54-57-60-63-69(72)75-66-67(65-74-68(71)62-59-56-53-50-21-18-15-12-9-6-3)76-70(73)64-61-58-55-52-49-47-45-43-41-38-31-29-27-25-23-20-17-14-11-8-5-2/h7-8,10-11,16-17,19-20,24-27,30-32,34-35,37-39,67H,4-6,9,12-15,18,21-23,28-29,33,36,40-66H2,1-3H3/b10-7-,11-8-,19-16-,20-17-,26-24-,27-25-,32-30-,35-34-,38-31-,39-37-. The first kappa shape index (κ1) is 71.8. The zero-order chi connectivity index (χ0) is 55.0. The van der Waals surface area contributed by atoms with Gasteiger partial charge < -0.3 is 14.2 Å². The largest absolute Gasteiger partial charge is 0.462 e. The van der Waals surface area contributed by atoms with Crippen molar-refractivity contribution in [2.75, 3.05) is 13.2 Å². The maximum atomic E-state index is 12.9. The lowest BCUT2D eigenvalue weighted by atomic mass is 10.1. The van der Waals surface area contributed by atoms with E-state index in [1.54, 1.807) is 0 Å². The number of unbranched alkanes of at least 4 members (excludes halogenated alkanes) is 25. The monoisotopic (exact) mass is 1050 g/mol. The summed E-state index contributed by atoms with van der Waals surface area (Å²) in [6.45, 7) is 6.40. The van der Waals surface area contributed by atoms with Gasteiger partial charge in [0.15, 0.2) is 6.10 Å². The van der Waals surface area contributed by atoms with Crippen molar-refractivity contribution in [1.82, 2.24) is 0 Å². The molecule has 0 N–H and O–H groups in total. The quantitative estimate of drug-likeness (QED) is 0.0261. The molecule has 0 aromatic heterocycles. The smallest absolute Gasteiger partial charge is 0.306 e. The molecule has 0 aliphatic carbocycles. The van der Waals surface area contributed by atoms with E-state index in [0.717, 1.165) is 135 Å². The molecule has 0 aliphatic rings. The van der Waals surface area contributed by atoms with Crippen molar-refractivity contribution < 1.29 is 28.6 Å². The summed E-state index contributed by atoms with van der Waals surface area (Å²) in [6, 6.07) is 0. The van der Waals surface area contributed by atoms with E-state index in [2.05, 4.69) is 142 Å². The van der Waals surface area contributed by atoms with Gasteiger partial charge in [-0.05, 0) is 109 Å². The van der Waals surface area contributed by atoms with E-state index in [9.17, 15) is 14.4 Å². The molecule has 76 heavy (non-hydrogen) atoms. The highest BCUT2D eigenvalue weighted by Crippen LogP contribution is 2.15. The molecule has 0 spiro atoms. The van der Waals surface area contributed by atoms with E-state index in [-0.39, 0.29) is 31.1 Å². The number of rotatable bonds is 56. The summed E-state index contributed by atoms with van der Waals surface area (Å²) in [4.78, 5) is 38.2. The van der Waals surface area contributed by atoms with Crippen LogP contribution in [0.3, 0.4) is 0 Å². The van der Waals surface area contributed by atoms with Gasteiger partial charge in [-0.1, -0.05) is 277 Å². The second kappa shape index (κ2) is 63.3. The normalized spacial score (nSPS) is 12.9. The molecule has 0 fully saturated rings. The lowest BCUT2D eigenvalue weighted by molar-refractivity contribution is -0.167. The average molecular weight is 1050 g/mol. The van der Waals surface area contributed by atoms with Crippen molar-refractivity contribution >= 4 is 17.9 Å². The second-order valence-corrected chi connectivity index (χ2v) is 20.6. The van der Waals surface area contributed by atoms with E-state index in [1.165, 1.54) is 109 Å². The van der Waals surface area contributed by atoms with Gasteiger partial charge in [0.25, 0.3) is 0 Å². The van der Waals surface area contributed by atoms with Crippen molar-refractivity contribution in [3.63, 3.8) is 0 Å². The molecule has 0 heterocycles. The first-order valence-electron chi connectivity index (χ1n) is 31.5. The predicted molar refractivity (Wildman–Crippen MR) is 330 cm³/mol. The van der Waals surface area contributed by atoms with Crippen LogP contribution >= 0.6 is 0 Å². The minimum atomic E-state index is -0.788. The summed E-state index contributed by atoms with van der Waals surface area (Å²) in [5, 5.41) is 0. The highest BCUT2D eigenvalue weighted by Gasteiger charge is 2.19. The Labute approximate surface area is 469 Å². The summed E-state index contributed by atoms with van der Waals surface area (Å²) in [6.07, 6.45) is 87.7. The van der Waals surface area contributed by atoms with Gasteiger partial charge >= 0.3 is 17.9 Å². The lowest BCUT2D eigenvalue weighted by Crippen LogP contribution is -2.30. The highest BCUT2D eigenvalue weighted by atomic mass is 16.6. The molecule has 0 aliphatic heterocycles. The van der Waals surface area contributed by atoms with Crippen LogP contribution in [-0.2, 0) is 28.6 Å². The van der Waals surface area contributed by atoms with Gasteiger partial charge in [-0.15, -0.1) is 0 Å². The molecule has 0 saturated carbocycles. The molecular formula is C70H116O6. The molecule has 0 radical (unpaired) electrons. The van der Waals surface area contributed by atoms with Crippen LogP contribution in [0.5, 0.6) is 0 Å². The van der Waals surface area contributed by atoms with Gasteiger partial charge in [0, 0.05) is 19.3 Å². The summed E-state index contributed by atoms with van der Waals surface area (Å²) >= 11 is 0. The van der Waals surface area contributed by atoms with Crippen LogP contribution in [0.2, 0.25) is 0 Å². The van der Waals surface area contributed by atoms with Gasteiger partial charge in [0.1, 0.15) is 13.2 Å². The molecule has 0 rings (SSSR count). The Morgan fingerprint density at radius 3 is 0.803 bits per heavy atom. The van der Waals surface area contributed by atoms with E-state index in [1.807, 2.05) is 0 Å². The summed E-state index contributed by atoms with van der Waals surface area (Å²) < 4.78 is 16.9. The summed E-state index contributed by atoms with van der Waals surface area (Å²) in [5.74, 6) is -0.898. The maximum absolute atomic E-state index is 12.9. The molecule has 6 nitrogen and oxygen atoms in total. The molecule has 0 aromatic carbocycles. The Kier molecular flexibility index (Phi) is 59.9. The molecule has 1 unspecified atom stereocenters. The van der Waals surface area contributed by atoms with Crippen molar-refractivity contribution in [1.29, 1.82) is 0 Å². The molecular weight excluding hydrogens is 937 g/mol. The van der Waals surface area contributed by atoms with Crippen molar-refractivity contribution in [3.8, 4) is 0 Å². The number of ether oxygens (including phenoxy) is 3. The van der Waals surface area contributed by atoms with Gasteiger partial charge in [-0.2, -0.15) is 0 Å². The number of esters is 3. The number of carbonyl (C=O) groups excluding carboxylic acids is 3. The van der Waals surface area contributed by atoms with E-state index in [4.69, 9.17) is 14.2 Å². The van der Waals surface area contributed by atoms with Crippen LogP contribution in [0.25, 0.3) is 0 Å². The van der Waals surface area contributed by atoms with Gasteiger partial charge in [0.05, 0.1) is 0 Å². The van der Waals surface area contributed by atoms with Gasteiger partial charge in [-0.25, -0.2) is 0 Å². The number of carbonyl (C=O) groups is 3. The van der Waals surface area contributed by atoms with Crippen LogP contribution in [0.15, 0.2) is 122 Å². The van der Waals surface area contributed by atoms with E-state index < -0.39 is 6.10 Å². The number of hydrogen-bond acceptors (Lipinski definition) is 6. The summed E-state index contributed by atoms with van der Waals surface area (Å²) in [5.41, 5.74) is 0. The zero-order valence-corrected chi connectivity index (χ0v) is 49.5. The molecule has 0 amide bonds. The minimum Gasteiger partial charge on any atom is -0.462 e. The third kappa shape index (κ3) is 60.7. The van der Waals surface area contributed by atoms with Crippen LogP contribution in [0.1, 0.15) is 284 Å². The van der Waals surface area contributed by atoms with Crippen molar-refractivity contribution in [2.45, 2.75) is 290 Å². The van der Waals surface area contributed by atoms with Gasteiger partial charge in [0.2, 0.25) is 0 Å². The highest BCUT2D eigenvalue weighted by molar-refractivity contribution is 5.71. The number of hydrogen-bond donors (Lipinski definition) is 0. The first-order chi connectivity index (χ1) is 37.5. The molecule has 0 saturated heterocycles. The third-order valence-electron chi connectivity index (χ3n) is 13.2. The fourth-order valence-corrected chi connectivity index (χ4v) is 8.56. The fraction of sp³-hybridized carbons (Fsp3) is 0.671. The Hall–Kier alpha value is -4.19. The SMILES string of the molecule is CC/C=C\C/C=C\C/C=C\C/C=C\C/C=C\C/C=C\CCCCCCCCCCC(=O)OCC(COC(=O)CCCCCCCCCCCC)OC(=O)CCCCCCCCCC/C=C\C/C=C\C/C=C\C/C=C\CC. The van der Waals surface area contributed by atoms with Crippen molar-refractivity contribution in [3.05, 3.63) is 122 Å². The Balaban J connectivity index is 4.30. The molecule has 432 valence electrons. The average Bonchev–Trinajstić information content (AvgIpc) is 3.42. The maximum Gasteiger partial charge on any atom is 0.306 e. The first-order valence-corrected chi connectivity index (χ1v) is 31.5. The zero-order valence-electron chi connectivity index (χ0n) is 49.5. The molecule has 0 aromatic rings. The summed E-state index contributed by atoms with van der Waals surface area (Å²) in [7, 11) is 0. The number of allylic oxidation sites excluding steroid dienone is 20. The third-order valence-corrected chi connectivity index (χ3v) is 13.2. The Morgan fingerprint density at radius 1 is 0.276 bits per heavy atom. The van der Waals surface area contributed by atoms with Crippen LogP contribution < -0.4 is 0 Å². The van der Waals surface area contributed by atoms with Crippen LogP contribution in [0, 0.1) is 0 Å².